The Balaban J connectivity index is 3.04. The molecule has 0 aromatic heterocycles. The molecule has 0 bridgehead atoms. The van der Waals surface area contributed by atoms with Crippen molar-refractivity contribution in [2.24, 2.45) is 5.73 Å². The standard InChI is InChI=1S/C15H27N3O3/c1-4-6-7-18(5-2)13-9-11(15(20)21)8-12(16)14(13)17-10(3)19/h9,12-14H,4-8,16H2,1-3H3,(H,17,19)(H,20,21)/t12-,13-,14-/m1/s1. The maximum Gasteiger partial charge on any atom is 0.331 e. The van der Waals surface area contributed by atoms with Crippen molar-refractivity contribution in [1.29, 1.82) is 0 Å². The van der Waals surface area contributed by atoms with Gasteiger partial charge in [0, 0.05) is 18.5 Å². The van der Waals surface area contributed by atoms with E-state index in [1.807, 2.05) is 6.92 Å². The number of hydrogen-bond acceptors (Lipinski definition) is 4. The smallest absolute Gasteiger partial charge is 0.331 e. The Kier molecular flexibility index (Phi) is 6.84. The molecule has 21 heavy (non-hydrogen) atoms. The van der Waals surface area contributed by atoms with Crippen LogP contribution in [0.1, 0.15) is 40.0 Å². The molecule has 0 saturated heterocycles. The number of aliphatic carboxylic acids is 1. The number of nitrogens with two attached hydrogens (primary N) is 1. The number of unbranched alkanes of at least 4 members (excludes halogenated alkanes) is 1. The number of carbonyl (C=O) groups is 2. The largest absolute Gasteiger partial charge is 0.478 e. The Labute approximate surface area is 126 Å². The molecule has 0 spiro atoms. The minimum Gasteiger partial charge on any atom is -0.478 e. The first kappa shape index (κ1) is 17.7. The van der Waals surface area contributed by atoms with E-state index in [2.05, 4.69) is 17.1 Å². The van der Waals surface area contributed by atoms with Crippen LogP contribution in [0, 0.1) is 0 Å². The molecule has 0 aromatic carbocycles. The second-order valence-electron chi connectivity index (χ2n) is 5.56. The predicted molar refractivity (Wildman–Crippen MR) is 81.9 cm³/mol. The number of nitrogens with zero attached hydrogens (tertiary/aromatic N) is 1. The number of rotatable bonds is 7. The number of nitrogens with one attached hydrogen (secondary N) is 1. The maximum absolute atomic E-state index is 11.4. The third kappa shape index (κ3) is 4.82. The molecule has 1 amide bonds. The van der Waals surface area contributed by atoms with Crippen molar-refractivity contribution >= 4 is 11.9 Å². The molecule has 0 aromatic rings. The van der Waals surface area contributed by atoms with Crippen molar-refractivity contribution in [2.45, 2.75) is 58.2 Å². The van der Waals surface area contributed by atoms with Crippen molar-refractivity contribution in [3.05, 3.63) is 11.6 Å². The molecule has 0 unspecified atom stereocenters. The lowest BCUT2D eigenvalue weighted by atomic mass is 9.86. The first-order valence-electron chi connectivity index (χ1n) is 7.61. The van der Waals surface area contributed by atoms with E-state index >= 15 is 0 Å². The minimum atomic E-state index is -0.928. The summed E-state index contributed by atoms with van der Waals surface area (Å²) in [5, 5.41) is 12.1. The normalized spacial score (nSPS) is 25.6. The highest BCUT2D eigenvalue weighted by atomic mass is 16.4. The summed E-state index contributed by atoms with van der Waals surface area (Å²) >= 11 is 0. The van der Waals surface area contributed by atoms with Gasteiger partial charge in [-0.25, -0.2) is 4.79 Å². The Bertz CT molecular complexity index is 409. The molecule has 0 radical (unpaired) electrons. The van der Waals surface area contributed by atoms with Gasteiger partial charge in [-0.3, -0.25) is 9.69 Å². The highest BCUT2D eigenvalue weighted by Gasteiger charge is 2.36. The van der Waals surface area contributed by atoms with Gasteiger partial charge in [0.2, 0.25) is 5.91 Å². The number of amides is 1. The third-order valence-corrected chi connectivity index (χ3v) is 3.93. The fraction of sp³-hybridized carbons (Fsp3) is 0.733. The van der Waals surface area contributed by atoms with Crippen LogP contribution in [0.4, 0.5) is 0 Å². The lowest BCUT2D eigenvalue weighted by molar-refractivity contribution is -0.133. The zero-order valence-corrected chi connectivity index (χ0v) is 13.1. The summed E-state index contributed by atoms with van der Waals surface area (Å²) in [5.74, 6) is -1.07. The predicted octanol–water partition coefficient (Wildman–Crippen LogP) is 0.724. The summed E-state index contributed by atoms with van der Waals surface area (Å²) in [6.45, 7) is 7.27. The molecule has 1 aliphatic carbocycles. The summed E-state index contributed by atoms with van der Waals surface area (Å²) < 4.78 is 0. The SMILES string of the molecule is CCCCN(CC)[C@@H]1C=C(C(=O)O)C[C@@H](N)[C@H]1NC(C)=O. The van der Waals surface area contributed by atoms with Crippen LogP contribution in [0.5, 0.6) is 0 Å². The van der Waals surface area contributed by atoms with Crippen molar-refractivity contribution < 1.29 is 14.7 Å². The number of carboxylic acid groups (broad SMARTS) is 1. The van der Waals surface area contributed by atoms with Gasteiger partial charge in [0.15, 0.2) is 0 Å². The summed E-state index contributed by atoms with van der Waals surface area (Å²) in [7, 11) is 0. The summed E-state index contributed by atoms with van der Waals surface area (Å²) in [5.41, 5.74) is 6.46. The average molecular weight is 297 g/mol. The topological polar surface area (TPSA) is 95.7 Å². The Morgan fingerprint density at radius 1 is 1.48 bits per heavy atom. The number of carboxylic acids is 1. The van der Waals surface area contributed by atoms with Crippen molar-refractivity contribution in [3.63, 3.8) is 0 Å². The zero-order chi connectivity index (χ0) is 16.0. The molecule has 1 aliphatic rings. The van der Waals surface area contributed by atoms with Gasteiger partial charge in [-0.05, 0) is 25.9 Å². The monoisotopic (exact) mass is 297 g/mol. The highest BCUT2D eigenvalue weighted by molar-refractivity contribution is 5.87. The van der Waals surface area contributed by atoms with E-state index in [0.717, 1.165) is 25.9 Å². The number of likely N-dealkylation sites (N-methyl/N-ethyl adjacent to an activating group) is 1. The quantitative estimate of drug-likeness (QED) is 0.643. The van der Waals surface area contributed by atoms with Crippen LogP contribution in [0.3, 0.4) is 0 Å². The fourth-order valence-electron chi connectivity index (χ4n) is 2.81. The van der Waals surface area contributed by atoms with Gasteiger partial charge in [0.25, 0.3) is 0 Å². The highest BCUT2D eigenvalue weighted by Crippen LogP contribution is 2.23. The van der Waals surface area contributed by atoms with E-state index in [4.69, 9.17) is 5.73 Å². The van der Waals surface area contributed by atoms with Gasteiger partial charge < -0.3 is 16.2 Å². The van der Waals surface area contributed by atoms with Gasteiger partial charge in [0.05, 0.1) is 12.1 Å². The van der Waals surface area contributed by atoms with E-state index in [-0.39, 0.29) is 30.5 Å². The summed E-state index contributed by atoms with van der Waals surface area (Å²) in [6, 6.07) is -0.798. The maximum atomic E-state index is 11.4. The molecule has 6 nitrogen and oxygen atoms in total. The lowest BCUT2D eigenvalue weighted by Gasteiger charge is -2.41. The lowest BCUT2D eigenvalue weighted by Crippen LogP contribution is -2.60. The molecule has 1 rings (SSSR count). The van der Waals surface area contributed by atoms with Gasteiger partial charge in [-0.1, -0.05) is 26.3 Å². The summed E-state index contributed by atoms with van der Waals surface area (Å²) in [4.78, 5) is 24.9. The van der Waals surface area contributed by atoms with Crippen molar-refractivity contribution in [2.75, 3.05) is 13.1 Å². The Morgan fingerprint density at radius 3 is 2.62 bits per heavy atom. The van der Waals surface area contributed by atoms with Gasteiger partial charge >= 0.3 is 5.97 Å². The van der Waals surface area contributed by atoms with Crippen LogP contribution in [-0.4, -0.2) is 53.1 Å². The molecule has 0 aliphatic heterocycles. The number of carbonyl (C=O) groups excluding carboxylic acids is 1. The van der Waals surface area contributed by atoms with Crippen LogP contribution in [0.25, 0.3) is 0 Å². The summed E-state index contributed by atoms with van der Waals surface area (Å²) in [6.07, 6.45) is 4.13. The molecule has 120 valence electrons. The molecule has 6 heteroatoms. The third-order valence-electron chi connectivity index (χ3n) is 3.93. The first-order valence-corrected chi connectivity index (χ1v) is 7.61. The van der Waals surface area contributed by atoms with Crippen LogP contribution < -0.4 is 11.1 Å². The molecule has 0 heterocycles. The minimum absolute atomic E-state index is 0.140. The Hall–Kier alpha value is -1.40. The fourth-order valence-corrected chi connectivity index (χ4v) is 2.81. The van der Waals surface area contributed by atoms with E-state index in [0.29, 0.717) is 5.57 Å². The first-order chi connectivity index (χ1) is 9.90. The van der Waals surface area contributed by atoms with E-state index in [9.17, 15) is 14.7 Å². The van der Waals surface area contributed by atoms with Gasteiger partial charge in [0.1, 0.15) is 0 Å². The van der Waals surface area contributed by atoms with E-state index < -0.39 is 5.97 Å². The van der Waals surface area contributed by atoms with Crippen LogP contribution >= 0.6 is 0 Å². The van der Waals surface area contributed by atoms with Gasteiger partial charge in [-0.15, -0.1) is 0 Å². The van der Waals surface area contributed by atoms with Crippen LogP contribution in [0.2, 0.25) is 0 Å². The van der Waals surface area contributed by atoms with Crippen molar-refractivity contribution in [1.82, 2.24) is 10.2 Å². The Morgan fingerprint density at radius 2 is 2.14 bits per heavy atom. The van der Waals surface area contributed by atoms with Gasteiger partial charge in [-0.2, -0.15) is 0 Å². The molecular weight excluding hydrogens is 270 g/mol. The van der Waals surface area contributed by atoms with E-state index in [1.54, 1.807) is 6.08 Å². The average Bonchev–Trinajstić information content (AvgIpc) is 2.41. The zero-order valence-electron chi connectivity index (χ0n) is 13.1. The number of hydrogen-bond donors (Lipinski definition) is 3. The van der Waals surface area contributed by atoms with Crippen LogP contribution in [0.15, 0.2) is 11.6 Å². The second kappa shape index (κ2) is 8.14. The van der Waals surface area contributed by atoms with E-state index in [1.165, 1.54) is 6.92 Å². The molecular formula is C15H27N3O3. The molecule has 4 N–H and O–H groups in total. The van der Waals surface area contributed by atoms with Crippen LogP contribution in [-0.2, 0) is 9.59 Å². The molecule has 0 fully saturated rings. The molecule has 3 atom stereocenters. The van der Waals surface area contributed by atoms with Crippen molar-refractivity contribution in [3.8, 4) is 0 Å². The second-order valence-corrected chi connectivity index (χ2v) is 5.56. The molecule has 0 saturated carbocycles.